The van der Waals surface area contributed by atoms with Gasteiger partial charge < -0.3 is 0 Å². The van der Waals surface area contributed by atoms with Gasteiger partial charge in [-0.05, 0) is 35.9 Å². The number of rotatable bonds is 3. The first kappa shape index (κ1) is 14.1. The number of nitrogens with zero attached hydrogens (tertiary/aromatic N) is 1. The van der Waals surface area contributed by atoms with E-state index < -0.39 is 11.7 Å². The molecule has 4 heteroatoms. The van der Waals surface area contributed by atoms with Crippen molar-refractivity contribution >= 4 is 12.2 Å². The zero-order chi connectivity index (χ0) is 14.4. The molecule has 0 atom stereocenters. The van der Waals surface area contributed by atoms with Crippen molar-refractivity contribution in [2.75, 3.05) is 0 Å². The van der Waals surface area contributed by atoms with Crippen molar-refractivity contribution in [1.29, 1.82) is 0 Å². The summed E-state index contributed by atoms with van der Waals surface area (Å²) in [6.07, 6.45) is 4.51. The Kier molecular flexibility index (Phi) is 4.35. The molecule has 0 saturated heterocycles. The lowest BCUT2D eigenvalue weighted by molar-refractivity contribution is -0.137. The van der Waals surface area contributed by atoms with Crippen LogP contribution in [0.4, 0.5) is 13.2 Å². The maximum Gasteiger partial charge on any atom is 0.416 e. The molecule has 0 unspecified atom stereocenters. The van der Waals surface area contributed by atoms with Crippen LogP contribution in [0.5, 0.6) is 0 Å². The van der Waals surface area contributed by atoms with Crippen molar-refractivity contribution in [3.8, 4) is 0 Å². The summed E-state index contributed by atoms with van der Waals surface area (Å²) in [5.74, 6) is 0. The lowest BCUT2D eigenvalue weighted by atomic mass is 10.1. The highest BCUT2D eigenvalue weighted by Crippen LogP contribution is 2.29. The van der Waals surface area contributed by atoms with Gasteiger partial charge in [-0.15, -0.1) is 0 Å². The Bertz CT molecular complexity index is 596. The van der Waals surface area contributed by atoms with E-state index in [9.17, 15) is 13.2 Å². The molecule has 0 fully saturated rings. The molecule has 102 valence electrons. The van der Waals surface area contributed by atoms with Gasteiger partial charge in [0.25, 0.3) is 0 Å². The first-order chi connectivity index (χ1) is 9.55. The van der Waals surface area contributed by atoms with Gasteiger partial charge in [0, 0.05) is 6.20 Å². The molecule has 2 aromatic rings. The number of hydrogen-bond donors (Lipinski definition) is 0. The fraction of sp³-hybridized carbons (Fsp3) is 0.0625. The summed E-state index contributed by atoms with van der Waals surface area (Å²) in [5, 5.41) is 0. The van der Waals surface area contributed by atoms with Crippen molar-refractivity contribution in [1.82, 2.24) is 4.98 Å². The Labute approximate surface area is 115 Å². The van der Waals surface area contributed by atoms with E-state index in [1.807, 2.05) is 24.3 Å². The Balaban J connectivity index is 2.00. The van der Waals surface area contributed by atoms with Gasteiger partial charge >= 0.3 is 6.18 Å². The molecule has 0 amide bonds. The highest BCUT2D eigenvalue weighted by molar-refractivity contribution is 5.55. The molecule has 0 spiro atoms. The monoisotopic (exact) mass is 275 g/mol. The van der Waals surface area contributed by atoms with Crippen molar-refractivity contribution in [3.05, 3.63) is 77.6 Å². The second-order valence-corrected chi connectivity index (χ2v) is 4.09. The summed E-state index contributed by atoms with van der Waals surface area (Å²) in [4.78, 5) is 4.12. The lowest BCUT2D eigenvalue weighted by Gasteiger charge is -2.05. The molecular weight excluding hydrogens is 263 g/mol. The fourth-order valence-electron chi connectivity index (χ4n) is 1.58. The topological polar surface area (TPSA) is 12.9 Å². The van der Waals surface area contributed by atoms with Gasteiger partial charge in [-0.2, -0.15) is 13.2 Å². The van der Waals surface area contributed by atoms with Crippen molar-refractivity contribution in [3.63, 3.8) is 0 Å². The Morgan fingerprint density at radius 1 is 0.850 bits per heavy atom. The van der Waals surface area contributed by atoms with Crippen LogP contribution < -0.4 is 0 Å². The zero-order valence-electron chi connectivity index (χ0n) is 10.5. The number of alkyl halides is 3. The number of pyridine rings is 1. The molecule has 0 N–H and O–H groups in total. The highest BCUT2D eigenvalue weighted by atomic mass is 19.4. The predicted octanol–water partition coefficient (Wildman–Crippen LogP) is 4.83. The van der Waals surface area contributed by atoms with E-state index in [4.69, 9.17) is 0 Å². The van der Waals surface area contributed by atoms with E-state index in [0.717, 1.165) is 17.8 Å². The predicted molar refractivity (Wildman–Crippen MR) is 73.7 cm³/mol. The molecule has 20 heavy (non-hydrogen) atoms. The molecule has 1 heterocycles. The highest BCUT2D eigenvalue weighted by Gasteiger charge is 2.29. The van der Waals surface area contributed by atoms with E-state index in [1.54, 1.807) is 24.4 Å². The van der Waals surface area contributed by atoms with E-state index in [2.05, 4.69) is 4.98 Å². The van der Waals surface area contributed by atoms with Crippen molar-refractivity contribution < 1.29 is 13.2 Å². The summed E-state index contributed by atoms with van der Waals surface area (Å²) in [5.41, 5.74) is 0.895. The van der Waals surface area contributed by atoms with Crippen LogP contribution in [0.15, 0.2) is 60.8 Å². The molecule has 0 saturated carbocycles. The molecule has 2 rings (SSSR count). The minimum absolute atomic E-state index is 0.640. The second kappa shape index (κ2) is 6.19. The SMILES string of the molecule is FC(F)(F)c1ccc(/C=C/C=C/c2ccccn2)cc1. The molecule has 1 nitrogen and oxygen atoms in total. The maximum absolute atomic E-state index is 12.4. The van der Waals surface area contributed by atoms with Crippen LogP contribution in [0.1, 0.15) is 16.8 Å². The van der Waals surface area contributed by atoms with Gasteiger partial charge in [-0.3, -0.25) is 4.98 Å². The van der Waals surface area contributed by atoms with Crippen LogP contribution >= 0.6 is 0 Å². The third-order valence-corrected chi connectivity index (χ3v) is 2.59. The van der Waals surface area contributed by atoms with E-state index in [-0.39, 0.29) is 0 Å². The molecular formula is C16H12F3N. The van der Waals surface area contributed by atoms with Gasteiger partial charge in [-0.1, -0.05) is 36.4 Å². The number of aromatic nitrogens is 1. The Hall–Kier alpha value is -2.36. The third kappa shape index (κ3) is 4.09. The zero-order valence-corrected chi connectivity index (χ0v) is 10.5. The second-order valence-electron chi connectivity index (χ2n) is 4.09. The van der Waals surface area contributed by atoms with Crippen LogP contribution in [-0.4, -0.2) is 4.98 Å². The molecule has 0 radical (unpaired) electrons. The Morgan fingerprint density at radius 3 is 2.15 bits per heavy atom. The largest absolute Gasteiger partial charge is 0.416 e. The summed E-state index contributed by atoms with van der Waals surface area (Å²) < 4.78 is 37.1. The molecule has 1 aromatic carbocycles. The lowest BCUT2D eigenvalue weighted by Crippen LogP contribution is -2.03. The molecule has 0 aliphatic carbocycles. The van der Waals surface area contributed by atoms with Gasteiger partial charge in [0.1, 0.15) is 0 Å². The van der Waals surface area contributed by atoms with Gasteiger partial charge in [0.2, 0.25) is 0 Å². The van der Waals surface area contributed by atoms with E-state index in [0.29, 0.717) is 5.56 Å². The van der Waals surface area contributed by atoms with Crippen molar-refractivity contribution in [2.45, 2.75) is 6.18 Å². The van der Waals surface area contributed by atoms with Gasteiger partial charge in [0.15, 0.2) is 0 Å². The number of halogens is 3. The quantitative estimate of drug-likeness (QED) is 0.731. The number of hydrogen-bond acceptors (Lipinski definition) is 1. The molecule has 0 aliphatic rings. The van der Waals surface area contributed by atoms with E-state index >= 15 is 0 Å². The first-order valence-electron chi connectivity index (χ1n) is 5.99. The minimum Gasteiger partial charge on any atom is -0.257 e. The van der Waals surface area contributed by atoms with Crippen LogP contribution in [0, 0.1) is 0 Å². The van der Waals surface area contributed by atoms with Crippen LogP contribution in [0.25, 0.3) is 12.2 Å². The molecule has 0 aliphatic heterocycles. The summed E-state index contributed by atoms with van der Waals surface area (Å²) >= 11 is 0. The van der Waals surface area contributed by atoms with Crippen LogP contribution in [0.3, 0.4) is 0 Å². The summed E-state index contributed by atoms with van der Waals surface area (Å²) in [6.45, 7) is 0. The maximum atomic E-state index is 12.4. The summed E-state index contributed by atoms with van der Waals surface area (Å²) in [6, 6.07) is 10.6. The summed E-state index contributed by atoms with van der Waals surface area (Å²) in [7, 11) is 0. The number of benzene rings is 1. The Morgan fingerprint density at radius 2 is 1.55 bits per heavy atom. The van der Waals surface area contributed by atoms with Crippen molar-refractivity contribution in [2.24, 2.45) is 0 Å². The smallest absolute Gasteiger partial charge is 0.257 e. The first-order valence-corrected chi connectivity index (χ1v) is 5.99. The average Bonchev–Trinajstić information content (AvgIpc) is 2.44. The van der Waals surface area contributed by atoms with Gasteiger partial charge in [0.05, 0.1) is 11.3 Å². The standard InChI is InChI=1S/C16H12F3N/c17-16(18,19)14-10-8-13(9-11-14)5-1-2-6-15-7-3-4-12-20-15/h1-12H/b5-1+,6-2+. The fourth-order valence-corrected chi connectivity index (χ4v) is 1.58. The van der Waals surface area contributed by atoms with Gasteiger partial charge in [-0.25, -0.2) is 0 Å². The number of allylic oxidation sites excluding steroid dienone is 2. The molecule has 0 bridgehead atoms. The molecule has 1 aromatic heterocycles. The normalized spacial score (nSPS) is 12.3. The van der Waals surface area contributed by atoms with E-state index in [1.165, 1.54) is 12.1 Å². The van der Waals surface area contributed by atoms with Crippen LogP contribution in [-0.2, 0) is 6.18 Å². The average molecular weight is 275 g/mol. The third-order valence-electron chi connectivity index (χ3n) is 2.59. The van der Waals surface area contributed by atoms with Crippen LogP contribution in [0.2, 0.25) is 0 Å². The minimum atomic E-state index is -4.29.